The molecular weight excluding hydrogens is 229 g/mol. The summed E-state index contributed by atoms with van der Waals surface area (Å²) in [6.07, 6.45) is 4.91. The molecule has 2 heterocycles. The molecule has 56 valence electrons. The minimum atomic E-state index is 0.556. The van der Waals surface area contributed by atoms with Crippen LogP contribution >= 0.6 is 27.5 Å². The summed E-state index contributed by atoms with van der Waals surface area (Å²) in [6, 6.07) is 0. The Morgan fingerprint density at radius 3 is 3.00 bits per heavy atom. The molecule has 0 aliphatic carbocycles. The molecule has 0 N–H and O–H groups in total. The van der Waals surface area contributed by atoms with Gasteiger partial charge in [0.2, 0.25) is 0 Å². The molecule has 0 aliphatic heterocycles. The van der Waals surface area contributed by atoms with Gasteiger partial charge in [-0.25, -0.2) is 9.97 Å². The number of imidazole rings is 1. The van der Waals surface area contributed by atoms with Gasteiger partial charge in [-0.1, -0.05) is 11.6 Å². The molecule has 3 nitrogen and oxygen atoms in total. The lowest BCUT2D eigenvalue weighted by molar-refractivity contribution is 1.10. The van der Waals surface area contributed by atoms with Crippen molar-refractivity contribution in [3.8, 4) is 0 Å². The molecule has 0 atom stereocenters. The van der Waals surface area contributed by atoms with E-state index in [0.717, 1.165) is 10.1 Å². The normalized spacial score (nSPS) is 10.7. The molecule has 0 bridgehead atoms. The molecule has 0 saturated carbocycles. The van der Waals surface area contributed by atoms with Crippen LogP contribution in [-0.4, -0.2) is 14.4 Å². The van der Waals surface area contributed by atoms with Crippen LogP contribution in [0, 0.1) is 0 Å². The SMILES string of the molecule is Clc1cnc(Br)c2cncn12. The van der Waals surface area contributed by atoms with Crippen molar-refractivity contribution >= 4 is 33.0 Å². The highest BCUT2D eigenvalue weighted by Crippen LogP contribution is 2.18. The Balaban J connectivity index is 2.96. The molecule has 11 heavy (non-hydrogen) atoms. The van der Waals surface area contributed by atoms with Gasteiger partial charge in [0.1, 0.15) is 16.1 Å². The zero-order valence-corrected chi connectivity index (χ0v) is 7.67. The van der Waals surface area contributed by atoms with E-state index in [2.05, 4.69) is 25.9 Å². The minimum Gasteiger partial charge on any atom is -0.285 e. The first kappa shape index (κ1) is 7.06. The lowest BCUT2D eigenvalue weighted by Gasteiger charge is -1.96. The summed E-state index contributed by atoms with van der Waals surface area (Å²) in [5.74, 6) is 0. The van der Waals surface area contributed by atoms with Crippen LogP contribution in [0.1, 0.15) is 0 Å². The first-order valence-electron chi connectivity index (χ1n) is 2.91. The molecule has 2 aromatic rings. The van der Waals surface area contributed by atoms with E-state index in [1.165, 1.54) is 0 Å². The van der Waals surface area contributed by atoms with E-state index < -0.39 is 0 Å². The van der Waals surface area contributed by atoms with E-state index in [9.17, 15) is 0 Å². The average Bonchev–Trinajstić information content (AvgIpc) is 2.45. The van der Waals surface area contributed by atoms with Crippen molar-refractivity contribution in [1.29, 1.82) is 0 Å². The number of aromatic nitrogens is 3. The van der Waals surface area contributed by atoms with Crippen LogP contribution in [-0.2, 0) is 0 Å². The zero-order chi connectivity index (χ0) is 7.84. The quantitative estimate of drug-likeness (QED) is 0.697. The van der Waals surface area contributed by atoms with Gasteiger partial charge in [0, 0.05) is 0 Å². The van der Waals surface area contributed by atoms with Crippen LogP contribution in [0.15, 0.2) is 23.3 Å². The molecule has 0 saturated heterocycles. The Hall–Kier alpha value is -0.610. The molecule has 2 rings (SSSR count). The summed E-state index contributed by atoms with van der Waals surface area (Å²) >= 11 is 9.09. The standard InChI is InChI=1S/C6H3BrClN3/c7-6-4-1-9-3-11(4)5(8)2-10-6/h1-3H. The van der Waals surface area contributed by atoms with E-state index in [4.69, 9.17) is 11.6 Å². The van der Waals surface area contributed by atoms with E-state index in [0.29, 0.717) is 5.15 Å². The van der Waals surface area contributed by atoms with Crippen molar-refractivity contribution in [3.05, 3.63) is 28.5 Å². The Morgan fingerprint density at radius 1 is 1.45 bits per heavy atom. The predicted molar refractivity (Wildman–Crippen MR) is 45.7 cm³/mol. The van der Waals surface area contributed by atoms with E-state index >= 15 is 0 Å². The maximum Gasteiger partial charge on any atom is 0.133 e. The van der Waals surface area contributed by atoms with Gasteiger partial charge in [-0.2, -0.15) is 0 Å². The number of halogens is 2. The summed E-state index contributed by atoms with van der Waals surface area (Å²) in [4.78, 5) is 7.93. The van der Waals surface area contributed by atoms with Gasteiger partial charge in [0.15, 0.2) is 0 Å². The van der Waals surface area contributed by atoms with Gasteiger partial charge in [-0.3, -0.25) is 4.40 Å². The van der Waals surface area contributed by atoms with E-state index in [-0.39, 0.29) is 0 Å². The van der Waals surface area contributed by atoms with Crippen molar-refractivity contribution in [2.45, 2.75) is 0 Å². The van der Waals surface area contributed by atoms with Crippen molar-refractivity contribution in [2.24, 2.45) is 0 Å². The summed E-state index contributed by atoms with van der Waals surface area (Å²) in [6.45, 7) is 0. The van der Waals surface area contributed by atoms with Gasteiger partial charge in [-0.15, -0.1) is 0 Å². The fourth-order valence-electron chi connectivity index (χ4n) is 0.856. The third-order valence-corrected chi connectivity index (χ3v) is 2.26. The third-order valence-electron chi connectivity index (χ3n) is 1.36. The summed E-state index contributed by atoms with van der Waals surface area (Å²) in [5.41, 5.74) is 0.873. The lowest BCUT2D eigenvalue weighted by Crippen LogP contribution is -1.87. The highest BCUT2D eigenvalue weighted by atomic mass is 79.9. The highest BCUT2D eigenvalue weighted by molar-refractivity contribution is 9.10. The van der Waals surface area contributed by atoms with Gasteiger partial charge >= 0.3 is 0 Å². The average molecular weight is 232 g/mol. The first-order valence-corrected chi connectivity index (χ1v) is 4.08. The molecule has 2 aromatic heterocycles. The number of hydrogen-bond donors (Lipinski definition) is 0. The first-order chi connectivity index (χ1) is 5.29. The third kappa shape index (κ3) is 1.02. The maximum absolute atomic E-state index is 5.81. The lowest BCUT2D eigenvalue weighted by atomic mass is 10.6. The van der Waals surface area contributed by atoms with Gasteiger partial charge < -0.3 is 0 Å². The van der Waals surface area contributed by atoms with Crippen LogP contribution < -0.4 is 0 Å². The number of rotatable bonds is 0. The molecular formula is C6H3BrClN3. The monoisotopic (exact) mass is 231 g/mol. The summed E-state index contributed by atoms with van der Waals surface area (Å²) < 4.78 is 2.50. The van der Waals surface area contributed by atoms with Gasteiger partial charge in [0.25, 0.3) is 0 Å². The summed E-state index contributed by atoms with van der Waals surface area (Å²) in [5, 5.41) is 0.556. The second-order valence-corrected chi connectivity index (χ2v) is 3.16. The second kappa shape index (κ2) is 2.46. The van der Waals surface area contributed by atoms with Crippen LogP contribution in [0.3, 0.4) is 0 Å². The zero-order valence-electron chi connectivity index (χ0n) is 5.33. The molecule has 0 aliphatic rings. The topological polar surface area (TPSA) is 30.2 Å². The minimum absolute atomic E-state index is 0.556. The molecule has 0 radical (unpaired) electrons. The van der Waals surface area contributed by atoms with E-state index in [1.807, 2.05) is 0 Å². The Morgan fingerprint density at radius 2 is 2.27 bits per heavy atom. The van der Waals surface area contributed by atoms with Crippen LogP contribution in [0.5, 0.6) is 0 Å². The van der Waals surface area contributed by atoms with Gasteiger partial charge in [-0.05, 0) is 15.9 Å². The van der Waals surface area contributed by atoms with Crippen LogP contribution in [0.4, 0.5) is 0 Å². The molecule has 0 fully saturated rings. The van der Waals surface area contributed by atoms with Crippen LogP contribution in [0.25, 0.3) is 5.52 Å². The largest absolute Gasteiger partial charge is 0.285 e. The Kier molecular flexibility index (Phi) is 1.58. The molecule has 0 spiro atoms. The van der Waals surface area contributed by atoms with Crippen molar-refractivity contribution < 1.29 is 0 Å². The number of fused-ring (bicyclic) bond motifs is 1. The smallest absolute Gasteiger partial charge is 0.133 e. The molecule has 0 unspecified atom stereocenters. The fourth-order valence-corrected chi connectivity index (χ4v) is 1.44. The fraction of sp³-hybridized carbons (Fsp3) is 0. The maximum atomic E-state index is 5.81. The molecule has 5 heteroatoms. The highest BCUT2D eigenvalue weighted by Gasteiger charge is 2.01. The number of nitrogens with zero attached hydrogens (tertiary/aromatic N) is 3. The van der Waals surface area contributed by atoms with Crippen molar-refractivity contribution in [2.75, 3.05) is 0 Å². The van der Waals surface area contributed by atoms with Crippen LogP contribution in [0.2, 0.25) is 5.15 Å². The molecule has 0 aromatic carbocycles. The second-order valence-electron chi connectivity index (χ2n) is 2.02. The van der Waals surface area contributed by atoms with Gasteiger partial charge in [0.05, 0.1) is 17.9 Å². The van der Waals surface area contributed by atoms with E-state index in [1.54, 1.807) is 23.1 Å². The Labute approximate surface area is 76.2 Å². The van der Waals surface area contributed by atoms with Crippen molar-refractivity contribution in [1.82, 2.24) is 14.4 Å². The number of hydrogen-bond acceptors (Lipinski definition) is 2. The molecule has 0 amide bonds. The predicted octanol–water partition coefficient (Wildman–Crippen LogP) is 2.15. The summed E-state index contributed by atoms with van der Waals surface area (Å²) in [7, 11) is 0. The Bertz CT molecular complexity index is 362. The van der Waals surface area contributed by atoms with Crippen molar-refractivity contribution in [3.63, 3.8) is 0 Å².